The first-order valence-electron chi connectivity index (χ1n) is 7.56. The van der Waals surface area contributed by atoms with Gasteiger partial charge >= 0.3 is 5.97 Å². The maximum absolute atomic E-state index is 13.5. The predicted octanol–water partition coefficient (Wildman–Crippen LogP) is 2.87. The standard InChI is InChI=1S/C18H20FNO3/c1-3-18(22)23-15-9-11-20(12-10-15)17(21)8-7-14-5-4-6-16(19)13(14)2/h3-8,15H,1,9-12H2,2H3/b8-7+. The van der Waals surface area contributed by atoms with Gasteiger partial charge in [-0.25, -0.2) is 9.18 Å². The van der Waals surface area contributed by atoms with Gasteiger partial charge in [0, 0.05) is 38.1 Å². The van der Waals surface area contributed by atoms with Crippen molar-refractivity contribution in [1.29, 1.82) is 0 Å². The number of benzene rings is 1. The summed E-state index contributed by atoms with van der Waals surface area (Å²) in [5.74, 6) is -0.845. The van der Waals surface area contributed by atoms with E-state index < -0.39 is 5.97 Å². The lowest BCUT2D eigenvalue weighted by Gasteiger charge is -2.30. The van der Waals surface area contributed by atoms with Crippen LogP contribution in [-0.2, 0) is 14.3 Å². The van der Waals surface area contributed by atoms with Crippen LogP contribution < -0.4 is 0 Å². The molecule has 1 aliphatic rings. The first kappa shape index (κ1) is 16.9. The van der Waals surface area contributed by atoms with E-state index in [1.54, 1.807) is 30.0 Å². The topological polar surface area (TPSA) is 46.6 Å². The highest BCUT2D eigenvalue weighted by Crippen LogP contribution is 2.16. The molecule has 4 nitrogen and oxygen atoms in total. The Bertz CT molecular complexity index is 631. The fourth-order valence-electron chi connectivity index (χ4n) is 2.48. The summed E-state index contributed by atoms with van der Waals surface area (Å²) in [6.45, 7) is 6.10. The number of hydrogen-bond donors (Lipinski definition) is 0. The first-order valence-corrected chi connectivity index (χ1v) is 7.56. The molecule has 0 saturated carbocycles. The minimum Gasteiger partial charge on any atom is -0.459 e. The van der Waals surface area contributed by atoms with Crippen molar-refractivity contribution in [3.05, 3.63) is 53.9 Å². The van der Waals surface area contributed by atoms with Crippen LogP contribution in [0.1, 0.15) is 24.0 Å². The molecule has 0 radical (unpaired) electrons. The molecule has 5 heteroatoms. The molecule has 0 N–H and O–H groups in total. The van der Waals surface area contributed by atoms with Crippen molar-refractivity contribution in [3.8, 4) is 0 Å². The highest BCUT2D eigenvalue weighted by molar-refractivity contribution is 5.92. The molecule has 0 aromatic heterocycles. The second-order valence-electron chi connectivity index (χ2n) is 5.45. The van der Waals surface area contributed by atoms with E-state index in [-0.39, 0.29) is 17.8 Å². The van der Waals surface area contributed by atoms with Crippen LogP contribution in [0.25, 0.3) is 6.08 Å². The lowest BCUT2D eigenvalue weighted by atomic mass is 10.1. The predicted molar refractivity (Wildman–Crippen MR) is 86.1 cm³/mol. The highest BCUT2D eigenvalue weighted by atomic mass is 19.1. The second-order valence-corrected chi connectivity index (χ2v) is 5.45. The van der Waals surface area contributed by atoms with Crippen molar-refractivity contribution < 1.29 is 18.7 Å². The quantitative estimate of drug-likeness (QED) is 0.634. The third-order valence-corrected chi connectivity index (χ3v) is 3.92. The Morgan fingerprint density at radius 3 is 2.70 bits per heavy atom. The molecule has 1 fully saturated rings. The minimum atomic E-state index is -0.434. The van der Waals surface area contributed by atoms with Crippen molar-refractivity contribution in [1.82, 2.24) is 4.90 Å². The summed E-state index contributed by atoms with van der Waals surface area (Å²) < 4.78 is 18.6. The molecular formula is C18H20FNO3. The van der Waals surface area contributed by atoms with Crippen molar-refractivity contribution in [2.45, 2.75) is 25.9 Å². The third-order valence-electron chi connectivity index (χ3n) is 3.92. The van der Waals surface area contributed by atoms with Gasteiger partial charge in [-0.3, -0.25) is 4.79 Å². The summed E-state index contributed by atoms with van der Waals surface area (Å²) >= 11 is 0. The summed E-state index contributed by atoms with van der Waals surface area (Å²) in [6.07, 6.45) is 5.28. The molecule has 0 spiro atoms. The van der Waals surface area contributed by atoms with Gasteiger partial charge in [0.25, 0.3) is 0 Å². The number of ether oxygens (including phenoxy) is 1. The molecule has 23 heavy (non-hydrogen) atoms. The van der Waals surface area contributed by atoms with Crippen LogP contribution in [0.15, 0.2) is 36.9 Å². The van der Waals surface area contributed by atoms with Gasteiger partial charge in [-0.15, -0.1) is 0 Å². The zero-order chi connectivity index (χ0) is 16.8. The van der Waals surface area contributed by atoms with Gasteiger partial charge in [-0.1, -0.05) is 18.7 Å². The number of carbonyl (C=O) groups excluding carboxylic acids is 2. The Hall–Kier alpha value is -2.43. The number of nitrogens with zero attached hydrogens (tertiary/aromatic N) is 1. The monoisotopic (exact) mass is 317 g/mol. The Balaban J connectivity index is 1.90. The Labute approximate surface area is 135 Å². The normalized spacial score (nSPS) is 15.7. The minimum absolute atomic E-state index is 0.123. The fraction of sp³-hybridized carbons (Fsp3) is 0.333. The lowest BCUT2D eigenvalue weighted by molar-refractivity contribution is -0.145. The summed E-state index contributed by atoms with van der Waals surface area (Å²) in [4.78, 5) is 25.0. The maximum Gasteiger partial charge on any atom is 0.330 e. The molecule has 1 aromatic rings. The molecule has 1 saturated heterocycles. The number of hydrogen-bond acceptors (Lipinski definition) is 3. The van der Waals surface area contributed by atoms with Gasteiger partial charge < -0.3 is 9.64 Å². The third kappa shape index (κ3) is 4.52. The fourth-order valence-corrected chi connectivity index (χ4v) is 2.48. The van der Waals surface area contributed by atoms with Crippen LogP contribution in [0.3, 0.4) is 0 Å². The van der Waals surface area contributed by atoms with Crippen LogP contribution in [0.4, 0.5) is 4.39 Å². The lowest BCUT2D eigenvalue weighted by Crippen LogP contribution is -2.40. The van der Waals surface area contributed by atoms with Crippen LogP contribution in [0.5, 0.6) is 0 Å². The van der Waals surface area contributed by atoms with E-state index in [2.05, 4.69) is 6.58 Å². The molecular weight excluding hydrogens is 297 g/mol. The molecule has 1 aromatic carbocycles. The summed E-state index contributed by atoms with van der Waals surface area (Å²) in [6, 6.07) is 4.78. The number of piperidine rings is 1. The number of carbonyl (C=O) groups is 2. The second kappa shape index (κ2) is 7.72. The largest absolute Gasteiger partial charge is 0.459 e. The molecule has 1 heterocycles. The first-order chi connectivity index (χ1) is 11.0. The van der Waals surface area contributed by atoms with Crippen molar-refractivity contribution in [2.75, 3.05) is 13.1 Å². The van der Waals surface area contributed by atoms with E-state index in [4.69, 9.17) is 4.74 Å². The van der Waals surface area contributed by atoms with E-state index in [0.717, 1.165) is 6.08 Å². The molecule has 1 amide bonds. The summed E-state index contributed by atoms with van der Waals surface area (Å²) in [5.41, 5.74) is 1.21. The van der Waals surface area contributed by atoms with Crippen LogP contribution in [0, 0.1) is 12.7 Å². The Morgan fingerprint density at radius 2 is 2.04 bits per heavy atom. The van der Waals surface area contributed by atoms with Gasteiger partial charge in [0.05, 0.1) is 0 Å². The zero-order valence-electron chi connectivity index (χ0n) is 13.1. The van der Waals surface area contributed by atoms with E-state index in [9.17, 15) is 14.0 Å². The Kier molecular flexibility index (Phi) is 5.68. The Morgan fingerprint density at radius 1 is 1.35 bits per heavy atom. The van der Waals surface area contributed by atoms with Crippen LogP contribution >= 0.6 is 0 Å². The molecule has 122 valence electrons. The van der Waals surface area contributed by atoms with Gasteiger partial charge in [-0.2, -0.15) is 0 Å². The van der Waals surface area contributed by atoms with E-state index >= 15 is 0 Å². The summed E-state index contributed by atoms with van der Waals surface area (Å²) in [5, 5.41) is 0. The highest BCUT2D eigenvalue weighted by Gasteiger charge is 2.23. The molecule has 0 bridgehead atoms. The van der Waals surface area contributed by atoms with Gasteiger partial charge in [0.2, 0.25) is 5.91 Å². The zero-order valence-corrected chi connectivity index (χ0v) is 13.1. The number of amides is 1. The SMILES string of the molecule is C=CC(=O)OC1CCN(C(=O)/C=C/c2cccc(F)c2C)CC1. The number of rotatable bonds is 4. The van der Waals surface area contributed by atoms with E-state index in [1.165, 1.54) is 12.1 Å². The van der Waals surface area contributed by atoms with E-state index in [1.807, 2.05) is 0 Å². The van der Waals surface area contributed by atoms with Gasteiger partial charge in [0.15, 0.2) is 0 Å². The maximum atomic E-state index is 13.5. The molecule has 0 aliphatic carbocycles. The average Bonchev–Trinajstić information content (AvgIpc) is 2.56. The summed E-state index contributed by atoms with van der Waals surface area (Å²) in [7, 11) is 0. The van der Waals surface area contributed by atoms with Crippen molar-refractivity contribution in [3.63, 3.8) is 0 Å². The van der Waals surface area contributed by atoms with E-state index in [0.29, 0.717) is 37.1 Å². The smallest absolute Gasteiger partial charge is 0.330 e. The molecule has 1 aliphatic heterocycles. The average molecular weight is 317 g/mol. The van der Waals surface area contributed by atoms with Crippen molar-refractivity contribution >= 4 is 18.0 Å². The molecule has 0 atom stereocenters. The molecule has 0 unspecified atom stereocenters. The number of esters is 1. The van der Waals surface area contributed by atoms with Gasteiger partial charge in [-0.05, 0) is 30.2 Å². The van der Waals surface area contributed by atoms with Crippen LogP contribution in [-0.4, -0.2) is 36.0 Å². The van der Waals surface area contributed by atoms with Crippen molar-refractivity contribution in [2.24, 2.45) is 0 Å². The van der Waals surface area contributed by atoms with Crippen LogP contribution in [0.2, 0.25) is 0 Å². The number of halogens is 1. The number of likely N-dealkylation sites (tertiary alicyclic amines) is 1. The van der Waals surface area contributed by atoms with Gasteiger partial charge in [0.1, 0.15) is 11.9 Å². The molecule has 2 rings (SSSR count).